The average molecular weight is 248 g/mol. The molecule has 1 aromatic heterocycles. The van der Waals surface area contributed by atoms with E-state index in [0.29, 0.717) is 12.0 Å². The van der Waals surface area contributed by atoms with Gasteiger partial charge >= 0.3 is 0 Å². The molecule has 1 aliphatic rings. The van der Waals surface area contributed by atoms with Gasteiger partial charge in [0.1, 0.15) is 5.82 Å². The van der Waals surface area contributed by atoms with Crippen molar-refractivity contribution in [3.63, 3.8) is 0 Å². The Morgan fingerprint density at radius 3 is 2.61 bits per heavy atom. The van der Waals surface area contributed by atoms with Gasteiger partial charge in [0.2, 0.25) is 5.95 Å². The standard InChI is InChI=1S/C14H24N4/c1-4-11-5-7-12(8-6-11)17-13-10(2)9-16-14(15-3)18-13/h9,11-12H,4-8H2,1-3H3,(H2,15,16,17,18). The van der Waals surface area contributed by atoms with Crippen LogP contribution in [0.4, 0.5) is 11.8 Å². The van der Waals surface area contributed by atoms with Crippen LogP contribution in [-0.2, 0) is 0 Å². The van der Waals surface area contributed by atoms with Gasteiger partial charge in [0.25, 0.3) is 0 Å². The van der Waals surface area contributed by atoms with Gasteiger partial charge in [0.15, 0.2) is 0 Å². The molecule has 4 nitrogen and oxygen atoms in total. The fraction of sp³-hybridized carbons (Fsp3) is 0.714. The van der Waals surface area contributed by atoms with E-state index in [2.05, 4.69) is 34.4 Å². The molecule has 1 aromatic rings. The predicted molar refractivity (Wildman–Crippen MR) is 76.0 cm³/mol. The molecule has 1 saturated carbocycles. The lowest BCUT2D eigenvalue weighted by molar-refractivity contribution is 0.330. The van der Waals surface area contributed by atoms with Crippen LogP contribution in [-0.4, -0.2) is 23.1 Å². The molecule has 2 N–H and O–H groups in total. The second-order valence-corrected chi connectivity index (χ2v) is 5.25. The van der Waals surface area contributed by atoms with Crippen molar-refractivity contribution in [2.45, 2.75) is 52.0 Å². The van der Waals surface area contributed by atoms with E-state index in [1.165, 1.54) is 32.1 Å². The van der Waals surface area contributed by atoms with E-state index >= 15 is 0 Å². The van der Waals surface area contributed by atoms with Crippen LogP contribution in [0.2, 0.25) is 0 Å². The van der Waals surface area contributed by atoms with Gasteiger partial charge in [0.05, 0.1) is 0 Å². The Morgan fingerprint density at radius 2 is 2.00 bits per heavy atom. The first kappa shape index (κ1) is 13.1. The minimum absolute atomic E-state index is 0.575. The molecule has 1 fully saturated rings. The van der Waals surface area contributed by atoms with E-state index in [9.17, 15) is 0 Å². The highest BCUT2D eigenvalue weighted by atomic mass is 15.1. The Labute approximate surface area is 110 Å². The van der Waals surface area contributed by atoms with E-state index < -0.39 is 0 Å². The lowest BCUT2D eigenvalue weighted by Crippen LogP contribution is -2.26. The summed E-state index contributed by atoms with van der Waals surface area (Å²) in [5.74, 6) is 2.60. The topological polar surface area (TPSA) is 49.8 Å². The van der Waals surface area contributed by atoms with Crippen LogP contribution < -0.4 is 10.6 Å². The molecule has 0 aliphatic heterocycles. The van der Waals surface area contributed by atoms with E-state index in [1.807, 2.05) is 13.2 Å². The molecule has 0 radical (unpaired) electrons. The Balaban J connectivity index is 1.97. The molecule has 0 unspecified atom stereocenters. The zero-order chi connectivity index (χ0) is 13.0. The van der Waals surface area contributed by atoms with Crippen LogP contribution in [0.3, 0.4) is 0 Å². The van der Waals surface area contributed by atoms with Gasteiger partial charge in [-0.15, -0.1) is 0 Å². The molecular formula is C14H24N4. The molecule has 0 spiro atoms. The molecule has 0 amide bonds. The highest BCUT2D eigenvalue weighted by Gasteiger charge is 2.20. The molecule has 0 bridgehead atoms. The molecule has 4 heteroatoms. The quantitative estimate of drug-likeness (QED) is 0.859. The number of aryl methyl sites for hydroxylation is 1. The summed E-state index contributed by atoms with van der Waals surface area (Å²) < 4.78 is 0. The van der Waals surface area contributed by atoms with Crippen molar-refractivity contribution >= 4 is 11.8 Å². The van der Waals surface area contributed by atoms with E-state index in [1.54, 1.807) is 0 Å². The highest BCUT2D eigenvalue weighted by Crippen LogP contribution is 2.28. The normalized spacial score (nSPS) is 23.7. The monoisotopic (exact) mass is 248 g/mol. The summed E-state index contributed by atoms with van der Waals surface area (Å²) in [4.78, 5) is 8.70. The number of rotatable bonds is 4. The van der Waals surface area contributed by atoms with Crippen LogP contribution in [0.5, 0.6) is 0 Å². The summed E-state index contributed by atoms with van der Waals surface area (Å²) in [7, 11) is 1.85. The van der Waals surface area contributed by atoms with Crippen molar-refractivity contribution in [1.29, 1.82) is 0 Å². The second kappa shape index (κ2) is 6.03. The third-order valence-corrected chi connectivity index (χ3v) is 3.96. The fourth-order valence-electron chi connectivity index (χ4n) is 2.62. The van der Waals surface area contributed by atoms with Gasteiger partial charge in [-0.05, 0) is 38.5 Å². The van der Waals surface area contributed by atoms with E-state index in [0.717, 1.165) is 17.3 Å². The van der Waals surface area contributed by atoms with Gasteiger partial charge in [-0.1, -0.05) is 13.3 Å². The van der Waals surface area contributed by atoms with Gasteiger partial charge in [-0.3, -0.25) is 0 Å². The Bertz CT molecular complexity index is 383. The van der Waals surface area contributed by atoms with Crippen molar-refractivity contribution in [3.8, 4) is 0 Å². The van der Waals surface area contributed by atoms with Crippen LogP contribution >= 0.6 is 0 Å². The maximum atomic E-state index is 4.49. The summed E-state index contributed by atoms with van der Waals surface area (Å²) in [5, 5.41) is 6.56. The van der Waals surface area contributed by atoms with Crippen molar-refractivity contribution in [2.75, 3.05) is 17.7 Å². The second-order valence-electron chi connectivity index (χ2n) is 5.25. The predicted octanol–water partition coefficient (Wildman–Crippen LogP) is 3.21. The minimum atomic E-state index is 0.575. The first-order chi connectivity index (χ1) is 8.72. The SMILES string of the molecule is CCC1CCC(Nc2nc(NC)ncc2C)CC1. The highest BCUT2D eigenvalue weighted by molar-refractivity contribution is 5.46. The zero-order valence-electron chi connectivity index (χ0n) is 11.7. The average Bonchev–Trinajstić information content (AvgIpc) is 2.42. The lowest BCUT2D eigenvalue weighted by atomic mass is 9.84. The summed E-state index contributed by atoms with van der Waals surface area (Å²) in [5.41, 5.74) is 1.12. The summed E-state index contributed by atoms with van der Waals surface area (Å²) in [6.07, 6.45) is 8.41. The van der Waals surface area contributed by atoms with Crippen molar-refractivity contribution in [1.82, 2.24) is 9.97 Å². The number of nitrogens with one attached hydrogen (secondary N) is 2. The van der Waals surface area contributed by atoms with Crippen LogP contribution in [0.25, 0.3) is 0 Å². The van der Waals surface area contributed by atoms with Gasteiger partial charge in [-0.25, -0.2) is 4.98 Å². The van der Waals surface area contributed by atoms with Gasteiger partial charge < -0.3 is 10.6 Å². The Morgan fingerprint density at radius 1 is 1.28 bits per heavy atom. The number of anilines is 2. The van der Waals surface area contributed by atoms with E-state index in [-0.39, 0.29) is 0 Å². The third kappa shape index (κ3) is 3.12. The summed E-state index contributed by atoms with van der Waals surface area (Å²) >= 11 is 0. The molecule has 18 heavy (non-hydrogen) atoms. The lowest BCUT2D eigenvalue weighted by Gasteiger charge is -2.29. The number of nitrogens with zero attached hydrogens (tertiary/aromatic N) is 2. The minimum Gasteiger partial charge on any atom is -0.367 e. The van der Waals surface area contributed by atoms with Gasteiger partial charge in [0, 0.05) is 24.8 Å². The summed E-state index contributed by atoms with van der Waals surface area (Å²) in [6.45, 7) is 4.35. The molecule has 0 aromatic carbocycles. The van der Waals surface area contributed by atoms with E-state index in [4.69, 9.17) is 0 Å². The third-order valence-electron chi connectivity index (χ3n) is 3.96. The molecule has 2 rings (SSSR count). The van der Waals surface area contributed by atoms with Gasteiger partial charge in [-0.2, -0.15) is 4.98 Å². The molecule has 0 atom stereocenters. The van der Waals surface area contributed by atoms with Crippen molar-refractivity contribution in [3.05, 3.63) is 11.8 Å². The maximum absolute atomic E-state index is 4.49. The van der Waals surface area contributed by atoms with Crippen LogP contribution in [0.1, 0.15) is 44.6 Å². The number of aromatic nitrogens is 2. The Hall–Kier alpha value is -1.32. The maximum Gasteiger partial charge on any atom is 0.224 e. The molecule has 1 aliphatic carbocycles. The Kier molecular flexibility index (Phi) is 4.39. The van der Waals surface area contributed by atoms with Crippen LogP contribution in [0.15, 0.2) is 6.20 Å². The molecule has 0 saturated heterocycles. The number of hydrogen-bond donors (Lipinski definition) is 2. The van der Waals surface area contributed by atoms with Crippen molar-refractivity contribution < 1.29 is 0 Å². The zero-order valence-corrected chi connectivity index (χ0v) is 11.7. The molecule has 100 valence electrons. The fourth-order valence-corrected chi connectivity index (χ4v) is 2.62. The first-order valence-electron chi connectivity index (χ1n) is 7.00. The molecule has 1 heterocycles. The number of hydrogen-bond acceptors (Lipinski definition) is 4. The first-order valence-corrected chi connectivity index (χ1v) is 7.00. The smallest absolute Gasteiger partial charge is 0.224 e. The van der Waals surface area contributed by atoms with Crippen LogP contribution in [0, 0.1) is 12.8 Å². The molecular weight excluding hydrogens is 224 g/mol. The largest absolute Gasteiger partial charge is 0.367 e. The summed E-state index contributed by atoms with van der Waals surface area (Å²) in [6, 6.07) is 0.575. The van der Waals surface area contributed by atoms with Crippen molar-refractivity contribution in [2.24, 2.45) is 5.92 Å².